The van der Waals surface area contributed by atoms with Gasteiger partial charge in [-0.2, -0.15) is 0 Å². The maximum Gasteiger partial charge on any atom is 0.164 e. The van der Waals surface area contributed by atoms with Crippen molar-refractivity contribution < 1.29 is 4.42 Å². The minimum absolute atomic E-state index is 0.614. The van der Waals surface area contributed by atoms with E-state index in [0.29, 0.717) is 17.5 Å². The molecule has 3 aromatic heterocycles. The van der Waals surface area contributed by atoms with Gasteiger partial charge in [-0.15, -0.1) is 0 Å². The van der Waals surface area contributed by atoms with Crippen LogP contribution in [0.3, 0.4) is 0 Å². The lowest BCUT2D eigenvalue weighted by molar-refractivity contribution is 0.669. The van der Waals surface area contributed by atoms with Crippen molar-refractivity contribution in [2.75, 3.05) is 0 Å². The Morgan fingerprint density at radius 3 is 1.75 bits per heavy atom. The lowest BCUT2D eigenvalue weighted by atomic mass is 9.94. The summed E-state index contributed by atoms with van der Waals surface area (Å²) in [6.45, 7) is 0. The highest BCUT2D eigenvalue weighted by atomic mass is 16.3. The van der Waals surface area contributed by atoms with Gasteiger partial charge < -0.3 is 8.98 Å². The molecule has 0 aliphatic heterocycles. The minimum atomic E-state index is 0.614. The molecule has 0 saturated heterocycles. The summed E-state index contributed by atoms with van der Waals surface area (Å²) in [5.41, 5.74) is 13.1. The Labute approximate surface area is 323 Å². The molecule has 0 fully saturated rings. The van der Waals surface area contributed by atoms with Crippen LogP contribution in [0.1, 0.15) is 18.4 Å². The van der Waals surface area contributed by atoms with Crippen molar-refractivity contribution in [1.29, 1.82) is 0 Å². The van der Waals surface area contributed by atoms with Crippen molar-refractivity contribution in [3.63, 3.8) is 0 Å². The van der Waals surface area contributed by atoms with Gasteiger partial charge in [-0.05, 0) is 77.6 Å². The summed E-state index contributed by atoms with van der Waals surface area (Å²) < 4.78 is 8.92. The number of hydrogen-bond acceptors (Lipinski definition) is 4. The van der Waals surface area contributed by atoms with Gasteiger partial charge in [0.05, 0.1) is 11.0 Å². The third kappa shape index (κ3) is 5.44. The lowest BCUT2D eigenvalue weighted by Crippen LogP contribution is -2.01. The van der Waals surface area contributed by atoms with Crippen LogP contribution in [-0.4, -0.2) is 19.5 Å². The summed E-state index contributed by atoms with van der Waals surface area (Å²) in [6.07, 6.45) is 6.45. The van der Waals surface area contributed by atoms with Gasteiger partial charge >= 0.3 is 0 Å². The van der Waals surface area contributed by atoms with Crippen molar-refractivity contribution in [2.45, 2.75) is 12.8 Å². The number of para-hydroxylation sites is 1. The Kier molecular flexibility index (Phi) is 7.56. The molecule has 1 aliphatic rings. The molecule has 10 aromatic rings. The standard InChI is InChI=1S/C51H34N4O/c1-4-13-33(14-5-1)37-25-29-45-42(31-37)40-19-10-11-21-44(40)55(45)39-27-23-34(24-28-39)38-26-30-46-43(32-38)48-41(20-12-22-47(48)56-46)51-53-49(35-15-6-2-7-16-35)52-50(54-51)36-17-8-3-9-18-36/h1-23,25-27,29-32H,24,28H2. The molecule has 5 heteroatoms. The van der Waals surface area contributed by atoms with E-state index in [-0.39, 0.29) is 0 Å². The summed E-state index contributed by atoms with van der Waals surface area (Å²) in [6, 6.07) is 59.2. The fourth-order valence-corrected chi connectivity index (χ4v) is 8.29. The predicted molar refractivity (Wildman–Crippen MR) is 230 cm³/mol. The van der Waals surface area contributed by atoms with Gasteiger partial charge in [-0.25, -0.2) is 15.0 Å². The third-order valence-corrected chi connectivity index (χ3v) is 11.0. The molecule has 0 unspecified atom stereocenters. The van der Waals surface area contributed by atoms with E-state index >= 15 is 0 Å². The van der Waals surface area contributed by atoms with Crippen LogP contribution in [-0.2, 0) is 0 Å². The zero-order chi connectivity index (χ0) is 37.0. The molecule has 7 aromatic carbocycles. The van der Waals surface area contributed by atoms with E-state index in [2.05, 4.69) is 114 Å². The monoisotopic (exact) mass is 718 g/mol. The largest absolute Gasteiger partial charge is 0.456 e. The summed E-state index contributed by atoms with van der Waals surface area (Å²) in [7, 11) is 0. The zero-order valence-electron chi connectivity index (χ0n) is 30.4. The van der Waals surface area contributed by atoms with Crippen molar-refractivity contribution in [1.82, 2.24) is 19.5 Å². The van der Waals surface area contributed by atoms with E-state index in [1.165, 1.54) is 49.8 Å². The van der Waals surface area contributed by atoms with Crippen LogP contribution in [0.25, 0.3) is 100 Å². The highest BCUT2D eigenvalue weighted by Gasteiger charge is 2.20. The van der Waals surface area contributed by atoms with Crippen LogP contribution in [0.5, 0.6) is 0 Å². The van der Waals surface area contributed by atoms with E-state index in [1.807, 2.05) is 72.8 Å². The zero-order valence-corrected chi connectivity index (χ0v) is 30.4. The highest BCUT2D eigenvalue weighted by molar-refractivity contribution is 6.13. The van der Waals surface area contributed by atoms with Crippen molar-refractivity contribution in [3.05, 3.63) is 188 Å². The molecule has 5 nitrogen and oxygen atoms in total. The Morgan fingerprint density at radius 1 is 0.411 bits per heavy atom. The Balaban J connectivity index is 1.01. The molecule has 3 heterocycles. The van der Waals surface area contributed by atoms with Gasteiger partial charge in [0, 0.05) is 43.9 Å². The molecule has 0 spiro atoms. The number of aromatic nitrogens is 4. The topological polar surface area (TPSA) is 56.7 Å². The number of allylic oxidation sites excluding steroid dienone is 4. The van der Waals surface area contributed by atoms with E-state index < -0.39 is 0 Å². The number of fused-ring (bicyclic) bond motifs is 6. The molecule has 0 saturated carbocycles. The minimum Gasteiger partial charge on any atom is -0.456 e. The molecule has 1 aliphatic carbocycles. The number of furan rings is 1. The maximum absolute atomic E-state index is 6.47. The number of nitrogens with zero attached hydrogens (tertiary/aromatic N) is 4. The van der Waals surface area contributed by atoms with E-state index in [1.54, 1.807) is 0 Å². The molecule has 0 atom stereocenters. The molecule has 0 radical (unpaired) electrons. The molecule has 0 amide bonds. The number of benzene rings is 7. The summed E-state index contributed by atoms with van der Waals surface area (Å²) >= 11 is 0. The van der Waals surface area contributed by atoms with Gasteiger partial charge in [0.2, 0.25) is 0 Å². The quantitative estimate of drug-likeness (QED) is 0.172. The molecule has 264 valence electrons. The van der Waals surface area contributed by atoms with Gasteiger partial charge in [-0.1, -0.05) is 140 Å². The van der Waals surface area contributed by atoms with Gasteiger partial charge in [0.1, 0.15) is 11.2 Å². The third-order valence-electron chi connectivity index (χ3n) is 11.0. The molecule has 56 heavy (non-hydrogen) atoms. The van der Waals surface area contributed by atoms with E-state index in [4.69, 9.17) is 19.4 Å². The first-order valence-corrected chi connectivity index (χ1v) is 19.1. The van der Waals surface area contributed by atoms with Crippen molar-refractivity contribution in [3.8, 4) is 45.3 Å². The van der Waals surface area contributed by atoms with Crippen LogP contribution in [0, 0.1) is 0 Å². The van der Waals surface area contributed by atoms with Gasteiger partial charge in [0.25, 0.3) is 0 Å². The van der Waals surface area contributed by atoms with Gasteiger partial charge in [-0.3, -0.25) is 0 Å². The van der Waals surface area contributed by atoms with Gasteiger partial charge in [0.15, 0.2) is 17.5 Å². The van der Waals surface area contributed by atoms with E-state index in [0.717, 1.165) is 51.5 Å². The normalized spacial score (nSPS) is 13.1. The first kappa shape index (κ1) is 32.1. The van der Waals surface area contributed by atoms with Crippen molar-refractivity contribution >= 4 is 55.0 Å². The molecule has 0 bridgehead atoms. The summed E-state index contributed by atoms with van der Waals surface area (Å²) in [5.74, 6) is 1.88. The molecular weight excluding hydrogens is 685 g/mol. The second kappa shape index (κ2) is 13.2. The number of rotatable bonds is 6. The van der Waals surface area contributed by atoms with Crippen LogP contribution in [0.2, 0.25) is 0 Å². The fourth-order valence-electron chi connectivity index (χ4n) is 8.29. The van der Waals surface area contributed by atoms with E-state index in [9.17, 15) is 0 Å². The Bertz CT molecular complexity index is 3120. The summed E-state index contributed by atoms with van der Waals surface area (Å²) in [4.78, 5) is 15.0. The lowest BCUT2D eigenvalue weighted by Gasteiger charge is -2.18. The second-order valence-electron chi connectivity index (χ2n) is 14.3. The highest BCUT2D eigenvalue weighted by Crippen LogP contribution is 2.41. The fraction of sp³-hybridized carbons (Fsp3) is 0.0392. The first-order valence-electron chi connectivity index (χ1n) is 19.1. The SMILES string of the molecule is C1=C(c2ccc3oc4cccc(-c5nc(-c6ccccc6)nc(-c6ccccc6)n5)c4c3c2)CCC(n2c3ccccc3c3cc(-c4ccccc4)ccc32)=C1. The second-order valence-corrected chi connectivity index (χ2v) is 14.3. The first-order chi connectivity index (χ1) is 27.7. The van der Waals surface area contributed by atoms with Crippen LogP contribution in [0.4, 0.5) is 0 Å². The van der Waals surface area contributed by atoms with Crippen LogP contribution >= 0.6 is 0 Å². The molecular formula is C51H34N4O. The maximum atomic E-state index is 6.47. The Morgan fingerprint density at radius 2 is 1.04 bits per heavy atom. The Hall–Kier alpha value is -7.37. The smallest absolute Gasteiger partial charge is 0.164 e. The molecule has 0 N–H and O–H groups in total. The predicted octanol–water partition coefficient (Wildman–Crippen LogP) is 13.3. The van der Waals surface area contributed by atoms with Crippen LogP contribution in [0.15, 0.2) is 186 Å². The summed E-state index contributed by atoms with van der Waals surface area (Å²) in [5, 5.41) is 4.59. The average molecular weight is 719 g/mol. The average Bonchev–Trinajstić information content (AvgIpc) is 3.82. The number of hydrogen-bond donors (Lipinski definition) is 0. The van der Waals surface area contributed by atoms with Crippen LogP contribution < -0.4 is 0 Å². The van der Waals surface area contributed by atoms with Crippen molar-refractivity contribution in [2.24, 2.45) is 0 Å². The molecule has 11 rings (SSSR count).